The fraction of sp³-hybridized carbons (Fsp3) is 0.769. The summed E-state index contributed by atoms with van der Waals surface area (Å²) in [6, 6.07) is 0.432. The molecule has 0 radical (unpaired) electrons. The highest BCUT2D eigenvalue weighted by Gasteiger charge is 2.15. The predicted octanol–water partition coefficient (Wildman–Crippen LogP) is 2.12. The second kappa shape index (κ2) is 6.75. The van der Waals surface area contributed by atoms with Crippen molar-refractivity contribution in [2.75, 3.05) is 13.2 Å². The van der Waals surface area contributed by atoms with Gasteiger partial charge in [-0.1, -0.05) is 13.8 Å². The second-order valence-corrected chi connectivity index (χ2v) is 4.94. The molecule has 0 saturated carbocycles. The van der Waals surface area contributed by atoms with Crippen molar-refractivity contribution in [2.24, 2.45) is 0 Å². The van der Waals surface area contributed by atoms with Gasteiger partial charge < -0.3 is 19.2 Å². The van der Waals surface area contributed by atoms with E-state index in [4.69, 9.17) is 13.9 Å². The van der Waals surface area contributed by atoms with Gasteiger partial charge in [-0.3, -0.25) is 0 Å². The minimum Gasteiger partial charge on any atom is -0.447 e. The fourth-order valence-electron chi connectivity index (χ4n) is 1.85. The van der Waals surface area contributed by atoms with Gasteiger partial charge in [0.15, 0.2) is 0 Å². The van der Waals surface area contributed by atoms with Gasteiger partial charge in [0.1, 0.15) is 12.9 Å². The van der Waals surface area contributed by atoms with E-state index in [1.54, 1.807) is 6.26 Å². The molecular formula is C13H22N2O3. The van der Waals surface area contributed by atoms with Crippen LogP contribution in [0.3, 0.4) is 0 Å². The lowest BCUT2D eigenvalue weighted by atomic mass is 10.1. The lowest BCUT2D eigenvalue weighted by molar-refractivity contribution is -0.0167. The maximum absolute atomic E-state index is 5.58. The molecule has 1 aliphatic rings. The first-order valence-corrected chi connectivity index (χ1v) is 6.66. The fourth-order valence-corrected chi connectivity index (χ4v) is 1.85. The lowest BCUT2D eigenvalue weighted by Crippen LogP contribution is -2.25. The standard InChI is InChI=1S/C13H22N2O3/c1-10(2)14-7-11-8-17-13(15-11)18-9-12-5-3-4-6-16-12/h8,10,12,14H,3-7,9H2,1-2H3. The van der Waals surface area contributed by atoms with Gasteiger partial charge in [-0.25, -0.2) is 0 Å². The van der Waals surface area contributed by atoms with E-state index in [0.29, 0.717) is 25.3 Å². The molecule has 5 nitrogen and oxygen atoms in total. The molecule has 1 unspecified atom stereocenters. The van der Waals surface area contributed by atoms with Crippen LogP contribution >= 0.6 is 0 Å². The average molecular weight is 254 g/mol. The van der Waals surface area contributed by atoms with E-state index in [2.05, 4.69) is 24.1 Å². The van der Waals surface area contributed by atoms with Crippen molar-refractivity contribution in [3.63, 3.8) is 0 Å². The largest absolute Gasteiger partial charge is 0.447 e. The molecular weight excluding hydrogens is 232 g/mol. The molecule has 0 aromatic carbocycles. The van der Waals surface area contributed by atoms with Crippen molar-refractivity contribution in [2.45, 2.75) is 51.8 Å². The van der Waals surface area contributed by atoms with Gasteiger partial charge in [0.2, 0.25) is 0 Å². The topological polar surface area (TPSA) is 56.5 Å². The number of ether oxygens (including phenoxy) is 2. The molecule has 0 amide bonds. The quantitative estimate of drug-likeness (QED) is 0.842. The van der Waals surface area contributed by atoms with Crippen LogP contribution in [0.2, 0.25) is 0 Å². The zero-order valence-corrected chi connectivity index (χ0v) is 11.1. The Hall–Kier alpha value is -1.07. The van der Waals surface area contributed by atoms with Gasteiger partial charge in [-0.2, -0.15) is 4.98 Å². The molecule has 0 aliphatic carbocycles. The van der Waals surface area contributed by atoms with Crippen LogP contribution < -0.4 is 10.1 Å². The third-order valence-electron chi connectivity index (χ3n) is 2.89. The Morgan fingerprint density at radius 3 is 3.11 bits per heavy atom. The Morgan fingerprint density at radius 2 is 2.39 bits per heavy atom. The molecule has 18 heavy (non-hydrogen) atoms. The van der Waals surface area contributed by atoms with E-state index < -0.39 is 0 Å². The van der Waals surface area contributed by atoms with Gasteiger partial charge in [0.05, 0.1) is 11.8 Å². The summed E-state index contributed by atoms with van der Waals surface area (Å²) in [5.74, 6) is 0. The summed E-state index contributed by atoms with van der Waals surface area (Å²) in [5.41, 5.74) is 0.864. The minimum absolute atomic E-state index is 0.183. The molecule has 0 bridgehead atoms. The lowest BCUT2D eigenvalue weighted by Gasteiger charge is -2.21. The van der Waals surface area contributed by atoms with Crippen LogP contribution in [-0.4, -0.2) is 30.3 Å². The molecule has 5 heteroatoms. The summed E-state index contributed by atoms with van der Waals surface area (Å²) in [6.45, 7) is 6.25. The van der Waals surface area contributed by atoms with E-state index >= 15 is 0 Å². The molecule has 1 saturated heterocycles. The van der Waals surface area contributed by atoms with Crippen molar-refractivity contribution in [1.29, 1.82) is 0 Å². The van der Waals surface area contributed by atoms with E-state index in [1.807, 2.05) is 0 Å². The molecule has 1 atom stereocenters. The molecule has 1 fully saturated rings. The van der Waals surface area contributed by atoms with Crippen LogP contribution in [0.1, 0.15) is 38.8 Å². The van der Waals surface area contributed by atoms with E-state index in [9.17, 15) is 0 Å². The van der Waals surface area contributed by atoms with Crippen LogP contribution in [0, 0.1) is 0 Å². The Bertz CT molecular complexity index is 346. The highest BCUT2D eigenvalue weighted by Crippen LogP contribution is 2.15. The Morgan fingerprint density at radius 1 is 1.50 bits per heavy atom. The van der Waals surface area contributed by atoms with E-state index in [0.717, 1.165) is 25.1 Å². The van der Waals surface area contributed by atoms with Crippen LogP contribution in [0.4, 0.5) is 0 Å². The predicted molar refractivity (Wildman–Crippen MR) is 67.6 cm³/mol. The van der Waals surface area contributed by atoms with Crippen molar-refractivity contribution in [1.82, 2.24) is 10.3 Å². The number of aromatic nitrogens is 1. The van der Waals surface area contributed by atoms with Crippen molar-refractivity contribution in [3.05, 3.63) is 12.0 Å². The number of nitrogens with zero attached hydrogens (tertiary/aromatic N) is 1. The highest BCUT2D eigenvalue weighted by molar-refractivity contribution is 4.99. The van der Waals surface area contributed by atoms with Crippen molar-refractivity contribution >= 4 is 0 Å². The second-order valence-electron chi connectivity index (χ2n) is 4.94. The van der Waals surface area contributed by atoms with E-state index in [-0.39, 0.29) is 6.10 Å². The van der Waals surface area contributed by atoms with Gasteiger partial charge in [0, 0.05) is 19.2 Å². The van der Waals surface area contributed by atoms with E-state index in [1.165, 1.54) is 6.42 Å². The molecule has 1 aromatic heterocycles. The van der Waals surface area contributed by atoms with Crippen LogP contribution in [-0.2, 0) is 11.3 Å². The third kappa shape index (κ3) is 4.31. The number of rotatable bonds is 6. The maximum atomic E-state index is 5.58. The summed E-state index contributed by atoms with van der Waals surface area (Å²) in [5, 5.41) is 3.28. The van der Waals surface area contributed by atoms with Crippen molar-refractivity contribution in [3.8, 4) is 6.08 Å². The Kier molecular flexibility index (Phi) is 5.01. The Balaban J connectivity index is 1.72. The van der Waals surface area contributed by atoms with Crippen LogP contribution in [0.15, 0.2) is 10.7 Å². The summed E-state index contributed by atoms with van der Waals surface area (Å²) >= 11 is 0. The van der Waals surface area contributed by atoms with Gasteiger partial charge in [0.25, 0.3) is 0 Å². The van der Waals surface area contributed by atoms with Crippen LogP contribution in [0.25, 0.3) is 0 Å². The molecule has 0 spiro atoms. The number of hydrogen-bond donors (Lipinski definition) is 1. The number of hydrogen-bond acceptors (Lipinski definition) is 5. The van der Waals surface area contributed by atoms with Gasteiger partial charge in [-0.15, -0.1) is 0 Å². The summed E-state index contributed by atoms with van der Waals surface area (Å²) in [4.78, 5) is 4.26. The summed E-state index contributed by atoms with van der Waals surface area (Å²) < 4.78 is 16.3. The SMILES string of the molecule is CC(C)NCc1coc(OCC2CCCCO2)n1. The maximum Gasteiger partial charge on any atom is 0.393 e. The first kappa shape index (κ1) is 13.4. The molecule has 1 N–H and O–H groups in total. The monoisotopic (exact) mass is 254 g/mol. The summed E-state index contributed by atoms with van der Waals surface area (Å²) in [7, 11) is 0. The molecule has 2 heterocycles. The van der Waals surface area contributed by atoms with Gasteiger partial charge in [-0.05, 0) is 19.3 Å². The molecule has 102 valence electrons. The van der Waals surface area contributed by atoms with Crippen LogP contribution in [0.5, 0.6) is 6.08 Å². The first-order valence-electron chi connectivity index (χ1n) is 6.66. The number of oxazole rings is 1. The minimum atomic E-state index is 0.183. The molecule has 1 aromatic rings. The summed E-state index contributed by atoms with van der Waals surface area (Å²) in [6.07, 6.45) is 5.58. The Labute approximate surface area is 108 Å². The number of nitrogens with one attached hydrogen (secondary N) is 1. The normalized spacial score (nSPS) is 20.3. The molecule has 1 aliphatic heterocycles. The molecule has 2 rings (SSSR count). The van der Waals surface area contributed by atoms with Gasteiger partial charge >= 0.3 is 6.08 Å². The smallest absolute Gasteiger partial charge is 0.393 e. The zero-order valence-electron chi connectivity index (χ0n) is 11.1. The third-order valence-corrected chi connectivity index (χ3v) is 2.89. The zero-order chi connectivity index (χ0) is 12.8. The highest BCUT2D eigenvalue weighted by atomic mass is 16.6. The van der Waals surface area contributed by atoms with Crippen molar-refractivity contribution < 1.29 is 13.9 Å². The average Bonchev–Trinajstić information content (AvgIpc) is 2.83. The first-order chi connectivity index (χ1) is 8.74.